The van der Waals surface area contributed by atoms with Crippen molar-refractivity contribution in [3.8, 4) is 0 Å². The molecule has 0 bridgehead atoms. The Morgan fingerprint density at radius 2 is 1.96 bits per heavy atom. The topological polar surface area (TPSA) is 89.6 Å². The Hall–Kier alpha value is -1.69. The molecule has 0 spiro atoms. The molecule has 2 aliphatic carbocycles. The van der Waals surface area contributed by atoms with E-state index >= 15 is 0 Å². The van der Waals surface area contributed by atoms with Gasteiger partial charge in [0.1, 0.15) is 29.9 Å². The number of hydrogen-bond acceptors (Lipinski definition) is 5. The van der Waals surface area contributed by atoms with Crippen LogP contribution in [0.4, 0.5) is 0 Å². The monoisotopic (exact) mass is 363 g/mol. The maximum atomic E-state index is 11.6. The molecule has 0 radical (unpaired) electrons. The van der Waals surface area contributed by atoms with Crippen molar-refractivity contribution in [2.45, 2.75) is 77.2 Å². The van der Waals surface area contributed by atoms with E-state index in [0.717, 1.165) is 42.9 Å². The van der Waals surface area contributed by atoms with Crippen molar-refractivity contribution in [2.75, 3.05) is 6.61 Å². The molecule has 6 nitrogen and oxygen atoms in total. The van der Waals surface area contributed by atoms with Crippen molar-refractivity contribution in [1.29, 1.82) is 0 Å². The molecule has 1 N–H and O–H groups in total. The SMILES string of the molecule is CC(=O)CC(OCC(=O)O)c1noc(C2CC(CC(C)C)C2)c1C1CC1. The van der Waals surface area contributed by atoms with E-state index in [4.69, 9.17) is 14.4 Å². The predicted octanol–water partition coefficient (Wildman–Crippen LogP) is 4.21. The van der Waals surface area contributed by atoms with Gasteiger partial charge in [-0.05, 0) is 56.8 Å². The fourth-order valence-corrected chi connectivity index (χ4v) is 4.11. The second kappa shape index (κ2) is 7.91. The maximum absolute atomic E-state index is 11.6. The van der Waals surface area contributed by atoms with Crippen molar-refractivity contribution in [3.05, 3.63) is 17.0 Å². The highest BCUT2D eigenvalue weighted by Crippen LogP contribution is 2.52. The molecular weight excluding hydrogens is 334 g/mol. The standard InChI is InChI=1S/C20H29NO5/c1-11(2)6-13-8-15(9-13)20-18(14-4-5-14)19(21-26-20)16(7-12(3)22)25-10-17(23)24/h11,13-16H,4-10H2,1-3H3,(H,23,24). The first-order chi connectivity index (χ1) is 12.3. The van der Waals surface area contributed by atoms with Crippen LogP contribution < -0.4 is 0 Å². The van der Waals surface area contributed by atoms with Gasteiger partial charge in [-0.1, -0.05) is 19.0 Å². The number of Topliss-reactive ketones (excluding diaryl/α,β-unsaturated/α-hetero) is 1. The summed E-state index contributed by atoms with van der Waals surface area (Å²) in [6.07, 6.45) is 5.16. The van der Waals surface area contributed by atoms with Crippen LogP contribution in [0.3, 0.4) is 0 Å². The zero-order valence-electron chi connectivity index (χ0n) is 15.9. The summed E-state index contributed by atoms with van der Waals surface area (Å²) >= 11 is 0. The van der Waals surface area contributed by atoms with Crippen molar-refractivity contribution < 1.29 is 24.0 Å². The molecular formula is C20H29NO5. The van der Waals surface area contributed by atoms with Gasteiger partial charge in [0, 0.05) is 17.9 Å². The van der Waals surface area contributed by atoms with Gasteiger partial charge in [-0.3, -0.25) is 4.79 Å². The number of aliphatic carboxylic acids is 1. The normalized spacial score (nSPS) is 23.7. The fraction of sp³-hybridized carbons (Fsp3) is 0.750. The number of carboxylic acids is 1. The van der Waals surface area contributed by atoms with Crippen LogP contribution >= 0.6 is 0 Å². The first-order valence-electron chi connectivity index (χ1n) is 9.67. The molecule has 1 aromatic rings. The van der Waals surface area contributed by atoms with Crippen LogP contribution in [0.25, 0.3) is 0 Å². The van der Waals surface area contributed by atoms with E-state index in [9.17, 15) is 9.59 Å². The van der Waals surface area contributed by atoms with Crippen LogP contribution in [-0.4, -0.2) is 28.6 Å². The third-order valence-electron chi connectivity index (χ3n) is 5.37. The number of ether oxygens (including phenoxy) is 1. The highest BCUT2D eigenvalue weighted by atomic mass is 16.5. The first kappa shape index (κ1) is 19.1. The Balaban J connectivity index is 1.77. The van der Waals surface area contributed by atoms with Gasteiger partial charge in [-0.2, -0.15) is 0 Å². The molecule has 144 valence electrons. The third-order valence-corrected chi connectivity index (χ3v) is 5.37. The Morgan fingerprint density at radius 1 is 1.27 bits per heavy atom. The average Bonchev–Trinajstić information content (AvgIpc) is 3.25. The molecule has 0 saturated heterocycles. The number of rotatable bonds is 10. The van der Waals surface area contributed by atoms with Crippen molar-refractivity contribution in [2.24, 2.45) is 11.8 Å². The number of carbonyl (C=O) groups is 2. The molecule has 3 rings (SSSR count). The Bertz CT molecular complexity index is 655. The molecule has 1 heterocycles. The predicted molar refractivity (Wildman–Crippen MR) is 95.0 cm³/mol. The lowest BCUT2D eigenvalue weighted by atomic mass is 9.69. The summed E-state index contributed by atoms with van der Waals surface area (Å²) in [5.41, 5.74) is 1.74. The lowest BCUT2D eigenvalue weighted by Gasteiger charge is -2.35. The Kier molecular flexibility index (Phi) is 5.80. The van der Waals surface area contributed by atoms with Crippen molar-refractivity contribution in [1.82, 2.24) is 5.16 Å². The molecule has 1 unspecified atom stereocenters. The molecule has 0 aliphatic heterocycles. The van der Waals surface area contributed by atoms with Crippen LogP contribution in [0.2, 0.25) is 0 Å². The summed E-state index contributed by atoms with van der Waals surface area (Å²) in [4.78, 5) is 22.5. The molecule has 0 aromatic carbocycles. The largest absolute Gasteiger partial charge is 0.480 e. The molecule has 1 aromatic heterocycles. The zero-order valence-corrected chi connectivity index (χ0v) is 15.9. The second-order valence-electron chi connectivity index (χ2n) is 8.38. The van der Waals surface area contributed by atoms with Crippen molar-refractivity contribution >= 4 is 11.8 Å². The van der Waals surface area contributed by atoms with E-state index < -0.39 is 18.7 Å². The molecule has 2 aliphatic rings. The van der Waals surface area contributed by atoms with Gasteiger partial charge in [-0.15, -0.1) is 0 Å². The summed E-state index contributed by atoms with van der Waals surface area (Å²) < 4.78 is 11.2. The van der Waals surface area contributed by atoms with E-state index in [0.29, 0.717) is 23.4 Å². The summed E-state index contributed by atoms with van der Waals surface area (Å²) in [7, 11) is 0. The second-order valence-corrected chi connectivity index (χ2v) is 8.38. The van der Waals surface area contributed by atoms with E-state index in [-0.39, 0.29) is 12.2 Å². The minimum Gasteiger partial charge on any atom is -0.480 e. The van der Waals surface area contributed by atoms with E-state index in [1.54, 1.807) is 0 Å². The quantitative estimate of drug-likeness (QED) is 0.669. The van der Waals surface area contributed by atoms with E-state index in [1.165, 1.54) is 13.3 Å². The molecule has 6 heteroatoms. The number of carboxylic acid groups (broad SMARTS) is 1. The van der Waals surface area contributed by atoms with E-state index in [1.807, 2.05) is 0 Å². The summed E-state index contributed by atoms with van der Waals surface area (Å²) in [6.45, 7) is 5.55. The molecule has 0 amide bonds. The van der Waals surface area contributed by atoms with Crippen molar-refractivity contribution in [3.63, 3.8) is 0 Å². The van der Waals surface area contributed by atoms with Gasteiger partial charge < -0.3 is 14.4 Å². The number of aromatic nitrogens is 1. The van der Waals surface area contributed by atoms with Crippen LogP contribution in [0.15, 0.2) is 4.52 Å². The van der Waals surface area contributed by atoms with Gasteiger partial charge in [0.15, 0.2) is 0 Å². The number of ketones is 1. The number of hydrogen-bond donors (Lipinski definition) is 1. The number of carbonyl (C=O) groups excluding carboxylic acids is 1. The smallest absolute Gasteiger partial charge is 0.329 e. The summed E-state index contributed by atoms with van der Waals surface area (Å²) in [5.74, 6) is 2.12. The fourth-order valence-electron chi connectivity index (χ4n) is 4.11. The Morgan fingerprint density at radius 3 is 2.50 bits per heavy atom. The third kappa shape index (κ3) is 4.53. The van der Waals surface area contributed by atoms with Gasteiger partial charge in [0.05, 0.1) is 0 Å². The maximum Gasteiger partial charge on any atom is 0.329 e. The van der Waals surface area contributed by atoms with Gasteiger partial charge in [-0.25, -0.2) is 4.79 Å². The highest BCUT2D eigenvalue weighted by Gasteiger charge is 2.41. The minimum atomic E-state index is -1.05. The Labute approximate surface area is 154 Å². The zero-order chi connectivity index (χ0) is 18.8. The summed E-state index contributed by atoms with van der Waals surface area (Å²) in [5, 5.41) is 13.2. The lowest BCUT2D eigenvalue weighted by Crippen LogP contribution is -2.24. The highest BCUT2D eigenvalue weighted by molar-refractivity contribution is 5.76. The molecule has 1 atom stereocenters. The van der Waals surface area contributed by atoms with Crippen LogP contribution in [0.5, 0.6) is 0 Å². The molecule has 26 heavy (non-hydrogen) atoms. The number of nitrogens with zero attached hydrogens (tertiary/aromatic N) is 1. The molecule has 2 saturated carbocycles. The van der Waals surface area contributed by atoms with Gasteiger partial charge >= 0.3 is 5.97 Å². The van der Waals surface area contributed by atoms with Crippen LogP contribution in [0.1, 0.15) is 94.3 Å². The van der Waals surface area contributed by atoms with Gasteiger partial charge in [0.2, 0.25) is 0 Å². The first-order valence-corrected chi connectivity index (χ1v) is 9.67. The van der Waals surface area contributed by atoms with Crippen LogP contribution in [0, 0.1) is 11.8 Å². The summed E-state index contributed by atoms with van der Waals surface area (Å²) in [6, 6.07) is 0. The van der Waals surface area contributed by atoms with Gasteiger partial charge in [0.25, 0.3) is 0 Å². The van der Waals surface area contributed by atoms with E-state index in [2.05, 4.69) is 19.0 Å². The lowest BCUT2D eigenvalue weighted by molar-refractivity contribution is -0.145. The average molecular weight is 363 g/mol. The minimum absolute atomic E-state index is 0.0488. The van der Waals surface area contributed by atoms with Crippen LogP contribution in [-0.2, 0) is 14.3 Å². The molecule has 2 fully saturated rings.